The molecule has 22 heavy (non-hydrogen) atoms. The molecule has 0 spiro atoms. The van der Waals surface area contributed by atoms with Gasteiger partial charge in [-0.2, -0.15) is 0 Å². The minimum Gasteiger partial charge on any atom is -0.493 e. The normalized spacial score (nSPS) is 22.0. The predicted molar refractivity (Wildman–Crippen MR) is 89.1 cm³/mol. The van der Waals surface area contributed by atoms with Crippen molar-refractivity contribution in [2.75, 3.05) is 19.7 Å². The number of amides is 1. The molecule has 2 atom stereocenters. The monoisotopic (exact) mass is 304 g/mol. The number of nitrogens with two attached hydrogens (primary N) is 1. The topological polar surface area (TPSA) is 55.6 Å². The number of hydrogen-bond acceptors (Lipinski definition) is 3. The lowest BCUT2D eigenvalue weighted by atomic mass is 9.92. The molecule has 2 unspecified atom stereocenters. The standard InChI is InChI=1S/C18H28N2O2/c1-13(2)12-22-17-6-4-15(5-7-17)18(21)20-9-8-14(3)10-16(20)11-19/h4-7,13-14,16H,8-12,19H2,1-3H3. The minimum atomic E-state index is 0.0813. The van der Waals surface area contributed by atoms with E-state index in [-0.39, 0.29) is 11.9 Å². The number of hydrogen-bond donors (Lipinski definition) is 1. The van der Waals surface area contributed by atoms with Gasteiger partial charge < -0.3 is 15.4 Å². The van der Waals surface area contributed by atoms with Crippen molar-refractivity contribution in [2.45, 2.75) is 39.7 Å². The van der Waals surface area contributed by atoms with Crippen molar-refractivity contribution in [3.05, 3.63) is 29.8 Å². The number of carbonyl (C=O) groups excluding carboxylic acids is 1. The highest BCUT2D eigenvalue weighted by Gasteiger charge is 2.29. The van der Waals surface area contributed by atoms with Gasteiger partial charge >= 0.3 is 0 Å². The largest absolute Gasteiger partial charge is 0.493 e. The van der Waals surface area contributed by atoms with E-state index >= 15 is 0 Å². The first kappa shape index (κ1) is 16.8. The zero-order valence-electron chi connectivity index (χ0n) is 13.9. The minimum absolute atomic E-state index is 0.0813. The van der Waals surface area contributed by atoms with Crippen molar-refractivity contribution in [2.24, 2.45) is 17.6 Å². The number of benzene rings is 1. The van der Waals surface area contributed by atoms with Crippen molar-refractivity contribution in [3.63, 3.8) is 0 Å². The second-order valence-electron chi connectivity index (χ2n) is 6.75. The third kappa shape index (κ3) is 4.23. The molecule has 1 aromatic rings. The van der Waals surface area contributed by atoms with Gasteiger partial charge in [0.2, 0.25) is 0 Å². The Morgan fingerprint density at radius 1 is 1.36 bits per heavy atom. The third-order valence-electron chi connectivity index (χ3n) is 4.20. The Labute approximate surface area is 133 Å². The van der Waals surface area contributed by atoms with Crippen LogP contribution in [0.1, 0.15) is 44.0 Å². The Hall–Kier alpha value is -1.55. The van der Waals surface area contributed by atoms with Crippen LogP contribution in [0.3, 0.4) is 0 Å². The van der Waals surface area contributed by atoms with E-state index in [1.807, 2.05) is 29.2 Å². The predicted octanol–water partition coefficient (Wildman–Crippen LogP) is 2.92. The second kappa shape index (κ2) is 7.63. The maximum absolute atomic E-state index is 12.7. The third-order valence-corrected chi connectivity index (χ3v) is 4.20. The molecule has 1 aliphatic rings. The van der Waals surface area contributed by atoms with Crippen molar-refractivity contribution in [1.82, 2.24) is 4.90 Å². The lowest BCUT2D eigenvalue weighted by molar-refractivity contribution is 0.0573. The van der Waals surface area contributed by atoms with Gasteiger partial charge in [0.25, 0.3) is 5.91 Å². The smallest absolute Gasteiger partial charge is 0.254 e. The van der Waals surface area contributed by atoms with Gasteiger partial charge in [-0.05, 0) is 48.9 Å². The number of carbonyl (C=O) groups is 1. The summed E-state index contributed by atoms with van der Waals surface area (Å²) in [6.07, 6.45) is 2.05. The molecule has 1 aromatic carbocycles. The van der Waals surface area contributed by atoms with Gasteiger partial charge in [0, 0.05) is 24.7 Å². The van der Waals surface area contributed by atoms with Gasteiger partial charge in [0.05, 0.1) is 6.61 Å². The maximum atomic E-state index is 12.7. The van der Waals surface area contributed by atoms with Gasteiger partial charge in [-0.15, -0.1) is 0 Å². The number of likely N-dealkylation sites (tertiary alicyclic amines) is 1. The van der Waals surface area contributed by atoms with Crippen LogP contribution < -0.4 is 10.5 Å². The first-order valence-corrected chi connectivity index (χ1v) is 8.25. The molecule has 1 heterocycles. The van der Waals surface area contributed by atoms with Crippen LogP contribution in [0, 0.1) is 11.8 Å². The quantitative estimate of drug-likeness (QED) is 0.910. The van der Waals surface area contributed by atoms with E-state index in [4.69, 9.17) is 10.5 Å². The van der Waals surface area contributed by atoms with Gasteiger partial charge in [0.1, 0.15) is 5.75 Å². The van der Waals surface area contributed by atoms with Crippen molar-refractivity contribution >= 4 is 5.91 Å². The number of ether oxygens (including phenoxy) is 1. The Balaban J connectivity index is 2.02. The Kier molecular flexibility index (Phi) is 5.83. The van der Waals surface area contributed by atoms with E-state index < -0.39 is 0 Å². The molecular formula is C18H28N2O2. The Morgan fingerprint density at radius 3 is 2.64 bits per heavy atom. The van der Waals surface area contributed by atoms with Crippen LogP contribution in [0.5, 0.6) is 5.75 Å². The summed E-state index contributed by atoms with van der Waals surface area (Å²) in [6, 6.07) is 7.61. The first-order valence-electron chi connectivity index (χ1n) is 8.25. The van der Waals surface area contributed by atoms with Gasteiger partial charge in [-0.25, -0.2) is 0 Å². The van der Waals surface area contributed by atoms with E-state index in [1.54, 1.807) is 0 Å². The van der Waals surface area contributed by atoms with Crippen LogP contribution >= 0.6 is 0 Å². The molecule has 1 amide bonds. The van der Waals surface area contributed by atoms with E-state index in [0.717, 1.165) is 25.1 Å². The molecule has 0 aliphatic carbocycles. The molecule has 1 fully saturated rings. The van der Waals surface area contributed by atoms with Crippen LogP contribution in [0.4, 0.5) is 0 Å². The molecule has 0 saturated carbocycles. The summed E-state index contributed by atoms with van der Waals surface area (Å²) in [5.74, 6) is 2.03. The summed E-state index contributed by atoms with van der Waals surface area (Å²) in [4.78, 5) is 14.6. The zero-order chi connectivity index (χ0) is 16.1. The molecule has 1 aliphatic heterocycles. The molecule has 2 rings (SSSR count). The first-order chi connectivity index (χ1) is 10.5. The maximum Gasteiger partial charge on any atom is 0.254 e. The van der Waals surface area contributed by atoms with Crippen LogP contribution in [0.2, 0.25) is 0 Å². The van der Waals surface area contributed by atoms with E-state index in [1.165, 1.54) is 0 Å². The SMILES string of the molecule is CC(C)COc1ccc(C(=O)N2CCC(C)CC2CN)cc1. The highest BCUT2D eigenvalue weighted by atomic mass is 16.5. The Morgan fingerprint density at radius 2 is 2.05 bits per heavy atom. The lowest BCUT2D eigenvalue weighted by Crippen LogP contribution is -2.49. The molecule has 122 valence electrons. The van der Waals surface area contributed by atoms with Crippen LogP contribution in [0.15, 0.2) is 24.3 Å². The van der Waals surface area contributed by atoms with Crippen molar-refractivity contribution in [3.8, 4) is 5.75 Å². The van der Waals surface area contributed by atoms with Gasteiger partial charge in [0.15, 0.2) is 0 Å². The van der Waals surface area contributed by atoms with Crippen LogP contribution in [-0.4, -0.2) is 36.5 Å². The van der Waals surface area contributed by atoms with Crippen molar-refractivity contribution in [1.29, 1.82) is 0 Å². The zero-order valence-corrected chi connectivity index (χ0v) is 13.9. The number of piperidine rings is 1. The molecule has 0 bridgehead atoms. The molecule has 1 saturated heterocycles. The summed E-state index contributed by atoms with van der Waals surface area (Å²) in [7, 11) is 0. The molecule has 4 heteroatoms. The van der Waals surface area contributed by atoms with Crippen LogP contribution in [-0.2, 0) is 0 Å². The van der Waals surface area contributed by atoms with E-state index in [2.05, 4.69) is 20.8 Å². The highest BCUT2D eigenvalue weighted by Crippen LogP contribution is 2.24. The average Bonchev–Trinajstić information content (AvgIpc) is 2.52. The molecule has 0 radical (unpaired) electrons. The van der Waals surface area contributed by atoms with E-state index in [0.29, 0.717) is 30.6 Å². The molecule has 2 N–H and O–H groups in total. The Bertz CT molecular complexity index is 484. The van der Waals surface area contributed by atoms with Gasteiger partial charge in [-0.3, -0.25) is 4.79 Å². The second-order valence-corrected chi connectivity index (χ2v) is 6.75. The summed E-state index contributed by atoms with van der Waals surface area (Å²) in [5, 5.41) is 0. The van der Waals surface area contributed by atoms with Crippen molar-refractivity contribution < 1.29 is 9.53 Å². The summed E-state index contributed by atoms with van der Waals surface area (Å²) in [6.45, 7) is 8.47. The number of nitrogens with zero attached hydrogens (tertiary/aromatic N) is 1. The average molecular weight is 304 g/mol. The fourth-order valence-corrected chi connectivity index (χ4v) is 2.86. The lowest BCUT2D eigenvalue weighted by Gasteiger charge is -2.38. The summed E-state index contributed by atoms with van der Waals surface area (Å²) in [5.41, 5.74) is 6.56. The molecule has 4 nitrogen and oxygen atoms in total. The van der Waals surface area contributed by atoms with Crippen LogP contribution in [0.25, 0.3) is 0 Å². The molecule has 0 aromatic heterocycles. The highest BCUT2D eigenvalue weighted by molar-refractivity contribution is 5.94. The van der Waals surface area contributed by atoms with Gasteiger partial charge in [-0.1, -0.05) is 20.8 Å². The molecular weight excluding hydrogens is 276 g/mol. The van der Waals surface area contributed by atoms with E-state index in [9.17, 15) is 4.79 Å². The fourth-order valence-electron chi connectivity index (χ4n) is 2.86. The number of rotatable bonds is 5. The summed E-state index contributed by atoms with van der Waals surface area (Å²) >= 11 is 0. The summed E-state index contributed by atoms with van der Waals surface area (Å²) < 4.78 is 5.66. The fraction of sp³-hybridized carbons (Fsp3) is 0.611.